The highest BCUT2D eigenvalue weighted by molar-refractivity contribution is 9.10. The zero-order chi connectivity index (χ0) is 19.0. The summed E-state index contributed by atoms with van der Waals surface area (Å²) in [6.45, 7) is 0. The Kier molecular flexibility index (Phi) is 4.63. The van der Waals surface area contributed by atoms with Crippen molar-refractivity contribution in [3.63, 3.8) is 0 Å². The van der Waals surface area contributed by atoms with Crippen molar-refractivity contribution in [2.75, 3.05) is 10.6 Å². The van der Waals surface area contributed by atoms with Gasteiger partial charge in [-0.1, -0.05) is 28.1 Å². The lowest BCUT2D eigenvalue weighted by Crippen LogP contribution is -2.19. The van der Waals surface area contributed by atoms with Gasteiger partial charge in [0, 0.05) is 28.0 Å². The summed E-state index contributed by atoms with van der Waals surface area (Å²) in [6.07, 6.45) is 0.891. The van der Waals surface area contributed by atoms with Crippen LogP contribution in [0.3, 0.4) is 0 Å². The zero-order valence-electron chi connectivity index (χ0n) is 14.0. The number of nitrogens with zero attached hydrogens (tertiary/aromatic N) is 1. The summed E-state index contributed by atoms with van der Waals surface area (Å²) < 4.78 is 1.08. The molecule has 3 aromatic carbocycles. The number of hydrogen-bond donors (Lipinski definition) is 2. The average Bonchev–Trinajstić information content (AvgIpc) is 2.98. The van der Waals surface area contributed by atoms with E-state index in [0.29, 0.717) is 10.8 Å². The van der Waals surface area contributed by atoms with Crippen LogP contribution in [0.25, 0.3) is 11.1 Å². The lowest BCUT2D eigenvalue weighted by Gasteiger charge is -2.11. The molecule has 7 heteroatoms. The van der Waals surface area contributed by atoms with Gasteiger partial charge in [0.1, 0.15) is 0 Å². The summed E-state index contributed by atoms with van der Waals surface area (Å²) in [5.41, 5.74) is 6.72. The third kappa shape index (κ3) is 3.70. The van der Waals surface area contributed by atoms with E-state index in [1.807, 2.05) is 6.07 Å². The van der Waals surface area contributed by atoms with E-state index in [1.165, 1.54) is 34.4 Å². The minimum absolute atomic E-state index is 0.0456. The van der Waals surface area contributed by atoms with Gasteiger partial charge in [0.2, 0.25) is 0 Å². The standard InChI is InChI=1S/C20H14BrN3O2S/c21-14-1-7-18-12(10-14)9-13-11-16(4-8-19(13)18)23-20(27)22-15-2-5-17(6-3-15)24(25)26/h1-8,10-11H,9H2,(H2,22,23,27). The Hall–Kier alpha value is -2.77. The molecular weight excluding hydrogens is 426 g/mol. The summed E-state index contributed by atoms with van der Waals surface area (Å²) in [5.74, 6) is 0. The molecule has 0 heterocycles. The largest absolute Gasteiger partial charge is 0.332 e. The maximum absolute atomic E-state index is 10.7. The van der Waals surface area contributed by atoms with Gasteiger partial charge in [0.05, 0.1) is 4.92 Å². The molecular formula is C20H14BrN3O2S. The second kappa shape index (κ2) is 7.09. The van der Waals surface area contributed by atoms with Crippen LogP contribution >= 0.6 is 28.1 Å². The Morgan fingerprint density at radius 1 is 0.926 bits per heavy atom. The fourth-order valence-corrected chi connectivity index (χ4v) is 3.86. The first-order valence-corrected chi connectivity index (χ1v) is 9.44. The first kappa shape index (κ1) is 17.6. The van der Waals surface area contributed by atoms with Crippen LogP contribution < -0.4 is 10.6 Å². The van der Waals surface area contributed by atoms with Crippen LogP contribution in [-0.2, 0) is 6.42 Å². The molecule has 0 atom stereocenters. The van der Waals surface area contributed by atoms with Crippen molar-refractivity contribution in [1.82, 2.24) is 0 Å². The number of thiocarbonyl (C=S) groups is 1. The summed E-state index contributed by atoms with van der Waals surface area (Å²) in [6, 6.07) is 18.7. The molecule has 1 aliphatic carbocycles. The molecule has 1 aliphatic rings. The van der Waals surface area contributed by atoms with E-state index >= 15 is 0 Å². The number of anilines is 2. The van der Waals surface area contributed by atoms with Crippen LogP contribution in [0, 0.1) is 10.1 Å². The van der Waals surface area contributed by atoms with Crippen LogP contribution in [0.15, 0.2) is 65.1 Å². The number of halogens is 1. The third-order valence-electron chi connectivity index (χ3n) is 4.44. The van der Waals surface area contributed by atoms with Crippen LogP contribution in [-0.4, -0.2) is 10.0 Å². The molecule has 2 N–H and O–H groups in total. The molecule has 0 amide bonds. The van der Waals surface area contributed by atoms with Gasteiger partial charge < -0.3 is 10.6 Å². The molecule has 134 valence electrons. The van der Waals surface area contributed by atoms with Crippen molar-refractivity contribution in [2.45, 2.75) is 6.42 Å². The minimum atomic E-state index is -0.429. The molecule has 5 nitrogen and oxygen atoms in total. The molecule has 0 fully saturated rings. The second-order valence-corrected chi connectivity index (χ2v) is 7.56. The molecule has 0 radical (unpaired) electrons. The van der Waals surface area contributed by atoms with E-state index in [-0.39, 0.29) is 5.69 Å². The van der Waals surface area contributed by atoms with Crippen molar-refractivity contribution in [3.05, 3.63) is 86.4 Å². The van der Waals surface area contributed by atoms with Gasteiger partial charge in [-0.3, -0.25) is 10.1 Å². The van der Waals surface area contributed by atoms with E-state index in [4.69, 9.17) is 12.2 Å². The molecule has 4 rings (SSSR count). The van der Waals surface area contributed by atoms with E-state index in [1.54, 1.807) is 12.1 Å². The van der Waals surface area contributed by atoms with E-state index in [9.17, 15) is 10.1 Å². The van der Waals surface area contributed by atoms with Crippen LogP contribution in [0.1, 0.15) is 11.1 Å². The number of rotatable bonds is 3. The van der Waals surface area contributed by atoms with Gasteiger partial charge in [-0.2, -0.15) is 0 Å². The molecule has 0 bridgehead atoms. The average molecular weight is 440 g/mol. The van der Waals surface area contributed by atoms with Crippen molar-refractivity contribution in [2.24, 2.45) is 0 Å². The molecule has 0 aliphatic heterocycles. The Morgan fingerprint density at radius 2 is 1.52 bits per heavy atom. The number of nitrogens with one attached hydrogen (secondary N) is 2. The Bertz CT molecular complexity index is 1070. The highest BCUT2D eigenvalue weighted by Gasteiger charge is 2.18. The van der Waals surface area contributed by atoms with Crippen molar-refractivity contribution >= 4 is 50.3 Å². The zero-order valence-corrected chi connectivity index (χ0v) is 16.4. The van der Waals surface area contributed by atoms with Gasteiger partial charge >= 0.3 is 0 Å². The topological polar surface area (TPSA) is 67.2 Å². The van der Waals surface area contributed by atoms with Crippen LogP contribution in [0.5, 0.6) is 0 Å². The van der Waals surface area contributed by atoms with Crippen molar-refractivity contribution < 1.29 is 4.92 Å². The normalized spacial score (nSPS) is 11.4. The van der Waals surface area contributed by atoms with Crippen molar-refractivity contribution in [1.29, 1.82) is 0 Å². The predicted molar refractivity (Wildman–Crippen MR) is 115 cm³/mol. The number of nitro groups is 1. The fraction of sp³-hybridized carbons (Fsp3) is 0.0500. The Morgan fingerprint density at radius 3 is 2.22 bits per heavy atom. The first-order chi connectivity index (χ1) is 13.0. The van der Waals surface area contributed by atoms with Crippen LogP contribution in [0.4, 0.5) is 17.1 Å². The maximum Gasteiger partial charge on any atom is 0.269 e. The van der Waals surface area contributed by atoms with E-state index < -0.39 is 4.92 Å². The Balaban J connectivity index is 1.46. The van der Waals surface area contributed by atoms with Gasteiger partial charge in [-0.15, -0.1) is 0 Å². The number of nitro benzene ring substituents is 1. The van der Waals surface area contributed by atoms with Gasteiger partial charge in [-0.05, 0) is 77.3 Å². The second-order valence-electron chi connectivity index (χ2n) is 6.23. The lowest BCUT2D eigenvalue weighted by atomic mass is 10.1. The molecule has 3 aromatic rings. The lowest BCUT2D eigenvalue weighted by molar-refractivity contribution is -0.384. The first-order valence-electron chi connectivity index (χ1n) is 8.24. The summed E-state index contributed by atoms with van der Waals surface area (Å²) in [5, 5.41) is 17.4. The summed E-state index contributed by atoms with van der Waals surface area (Å²) >= 11 is 8.88. The molecule has 0 saturated heterocycles. The quantitative estimate of drug-likeness (QED) is 0.242. The highest BCUT2D eigenvalue weighted by Crippen LogP contribution is 2.39. The smallest absolute Gasteiger partial charge is 0.269 e. The summed E-state index contributed by atoms with van der Waals surface area (Å²) in [4.78, 5) is 10.3. The van der Waals surface area contributed by atoms with Gasteiger partial charge in [0.15, 0.2) is 5.11 Å². The number of benzene rings is 3. The van der Waals surface area contributed by atoms with Crippen molar-refractivity contribution in [3.8, 4) is 11.1 Å². The summed E-state index contributed by atoms with van der Waals surface area (Å²) in [7, 11) is 0. The minimum Gasteiger partial charge on any atom is -0.332 e. The maximum atomic E-state index is 10.7. The Labute approximate surface area is 169 Å². The number of hydrogen-bond acceptors (Lipinski definition) is 3. The highest BCUT2D eigenvalue weighted by atomic mass is 79.9. The molecule has 0 aromatic heterocycles. The fourth-order valence-electron chi connectivity index (χ4n) is 3.22. The van der Waals surface area contributed by atoms with E-state index in [2.05, 4.69) is 56.9 Å². The van der Waals surface area contributed by atoms with Gasteiger partial charge in [-0.25, -0.2) is 0 Å². The monoisotopic (exact) mass is 439 g/mol. The van der Waals surface area contributed by atoms with E-state index in [0.717, 1.165) is 16.6 Å². The van der Waals surface area contributed by atoms with Crippen LogP contribution in [0.2, 0.25) is 0 Å². The third-order valence-corrected chi connectivity index (χ3v) is 5.13. The number of fused-ring (bicyclic) bond motifs is 3. The molecule has 0 unspecified atom stereocenters. The predicted octanol–water partition coefficient (Wildman–Crippen LogP) is 5.74. The number of non-ortho nitro benzene ring substituents is 1. The molecule has 27 heavy (non-hydrogen) atoms. The SMILES string of the molecule is O=[N+]([O-])c1ccc(NC(=S)Nc2ccc3c(c2)Cc2cc(Br)ccc2-3)cc1. The molecule has 0 saturated carbocycles. The molecule has 0 spiro atoms. The van der Waals surface area contributed by atoms with Gasteiger partial charge in [0.25, 0.3) is 5.69 Å².